The van der Waals surface area contributed by atoms with Crippen LogP contribution in [-0.2, 0) is 62.2 Å². The summed E-state index contributed by atoms with van der Waals surface area (Å²) in [6, 6.07) is 6.29. The Labute approximate surface area is 730 Å². The number of amides is 11. The Morgan fingerprint density at radius 3 is 2.00 bits per heavy atom. The molecule has 6 aromatic carbocycles. The SMILES string of the molecule is CCOc1ccc(C=CC(=O)NC2CCN(CCNC3(C)CC(OC4C(Oc5c6cc7cc5Oc5ccc(cc5Cl)C(O)C5NC(=O)C(NC(=O)C7NC(=O)C(CC(N)=O)NC(=O)C(NC(=O)C(CC(C)C)NC)C(O)c7ccc(c(Cl)c7)O6)c6ccc(O)c(c6)-c6c(O)cc(O)cc6C(C(=O)NOC)NC5=O)OC(CO)C(O)C4O)OC(C)C3O)C(=O)N2)cc1. The smallest absolute Gasteiger partial charge is 0.319 e. The molecule has 11 bridgehead atoms. The number of carbonyl (C=O) groups is 10. The lowest BCUT2D eigenvalue weighted by molar-refractivity contribution is -0.334. The summed E-state index contributed by atoms with van der Waals surface area (Å²) in [6.45, 7) is 8.45. The van der Waals surface area contributed by atoms with E-state index in [0.717, 1.165) is 79.4 Å². The summed E-state index contributed by atoms with van der Waals surface area (Å²) in [6.07, 6.45) is -16.7. The van der Waals surface area contributed by atoms with Gasteiger partial charge in [-0.05, 0) is 146 Å². The monoisotopic (exact) mass is 1790 g/mol. The molecule has 3 saturated heterocycles. The Kier molecular flexibility index (Phi) is 29.9. The number of benzene rings is 6. The zero-order valence-corrected chi connectivity index (χ0v) is 70.5. The summed E-state index contributed by atoms with van der Waals surface area (Å²) < 4.78 is 45.0. The van der Waals surface area contributed by atoms with E-state index < -0.39 is 255 Å². The van der Waals surface area contributed by atoms with E-state index in [9.17, 15) is 69.9 Å². The lowest BCUT2D eigenvalue weighted by Crippen LogP contribution is -2.66. The number of halogens is 2. The maximum absolute atomic E-state index is 16.3. The van der Waals surface area contributed by atoms with Crippen molar-refractivity contribution in [1.29, 1.82) is 0 Å². The second-order valence-electron chi connectivity index (χ2n) is 31.5. The number of phenols is 3. The molecular weight excluding hydrogens is 1690 g/mol. The van der Waals surface area contributed by atoms with Gasteiger partial charge in [0.2, 0.25) is 59.3 Å². The lowest BCUT2D eigenvalue weighted by atomic mass is 9.85. The van der Waals surface area contributed by atoms with Crippen molar-refractivity contribution >= 4 is 88.5 Å². The highest BCUT2D eigenvalue weighted by Gasteiger charge is 2.53. The van der Waals surface area contributed by atoms with Crippen LogP contribution in [0.3, 0.4) is 0 Å². The Morgan fingerprint density at radius 1 is 0.722 bits per heavy atom. The first-order chi connectivity index (χ1) is 60.0. The summed E-state index contributed by atoms with van der Waals surface area (Å²) in [4.78, 5) is 152. The van der Waals surface area contributed by atoms with Crippen LogP contribution in [0.1, 0.15) is 124 Å². The first-order valence-electron chi connectivity index (χ1n) is 40.3. The maximum atomic E-state index is 16.3. The molecule has 0 spiro atoms. The number of nitrogens with zero attached hydrogens (tertiary/aromatic N) is 1. The summed E-state index contributed by atoms with van der Waals surface area (Å²) in [7, 11) is 2.51. The van der Waals surface area contributed by atoms with Crippen LogP contribution in [0.25, 0.3) is 17.2 Å². The average molecular weight is 1790 g/mol. The number of nitrogens with two attached hydrogens (primary N) is 1. The normalized spacial score (nSPS) is 27.2. The van der Waals surface area contributed by atoms with Gasteiger partial charge < -0.3 is 143 Å². The largest absolute Gasteiger partial charge is 0.508 e. The van der Waals surface area contributed by atoms with Crippen LogP contribution in [-0.4, -0.2) is 242 Å². The van der Waals surface area contributed by atoms with Gasteiger partial charge in [-0.15, -0.1) is 0 Å². The van der Waals surface area contributed by atoms with Crippen LogP contribution >= 0.6 is 23.2 Å². The van der Waals surface area contributed by atoms with Crippen LogP contribution < -0.4 is 83.3 Å². The summed E-state index contributed by atoms with van der Waals surface area (Å²) in [5.41, 5.74) is 4.61. The number of aliphatic hydroxyl groups is 6. The predicted molar refractivity (Wildman–Crippen MR) is 444 cm³/mol. The minimum Gasteiger partial charge on any atom is -0.508 e. The number of ether oxygens (including phenoxy) is 7. The number of phenolic OH excluding ortho intramolecular Hbond substituents is 3. The molecule has 40 nitrogen and oxygen atoms in total. The fraction of sp³-hybridized carbons (Fsp3) is 0.429. The van der Waals surface area contributed by atoms with E-state index >= 15 is 24.0 Å². The number of nitrogens with one attached hydrogen (secondary N) is 11. The van der Waals surface area contributed by atoms with Crippen LogP contribution in [0.4, 0.5) is 4.79 Å². The number of aliphatic hydroxyl groups excluding tert-OH is 6. The predicted octanol–water partition coefficient (Wildman–Crippen LogP) is 1.30. The molecule has 676 valence electrons. The topological polar surface area (TPSA) is 588 Å². The van der Waals surface area contributed by atoms with E-state index in [0.29, 0.717) is 18.8 Å². The number of hydrogen-bond acceptors (Lipinski definition) is 29. The molecule has 0 aromatic heterocycles. The van der Waals surface area contributed by atoms with Crippen molar-refractivity contribution in [3.63, 3.8) is 0 Å². The number of hydroxylamine groups is 1. The molecule has 126 heavy (non-hydrogen) atoms. The van der Waals surface area contributed by atoms with E-state index in [1.54, 1.807) is 37.3 Å². The fourth-order valence-electron chi connectivity index (χ4n) is 15.5. The van der Waals surface area contributed by atoms with Crippen LogP contribution in [0.2, 0.25) is 10.0 Å². The summed E-state index contributed by atoms with van der Waals surface area (Å²) >= 11 is 14.4. The van der Waals surface area contributed by atoms with E-state index in [2.05, 4.69) is 58.6 Å². The van der Waals surface area contributed by atoms with Gasteiger partial charge in [0, 0.05) is 61.3 Å². The number of urea groups is 1. The van der Waals surface area contributed by atoms with E-state index in [1.807, 2.05) is 20.8 Å². The number of likely N-dealkylation sites (N-methyl/N-ethyl adjacent to an activating group) is 1. The summed E-state index contributed by atoms with van der Waals surface area (Å²) in [5.74, 6) is -15.2. The third kappa shape index (κ3) is 21.3. The third-order valence-electron chi connectivity index (χ3n) is 22.1. The molecule has 8 aliphatic heterocycles. The van der Waals surface area contributed by atoms with Gasteiger partial charge in [-0.3, -0.25) is 48.0 Å². The summed E-state index contributed by atoms with van der Waals surface area (Å²) in [5, 5.41) is 132. The van der Waals surface area contributed by atoms with E-state index in [-0.39, 0.29) is 65.9 Å². The van der Waals surface area contributed by atoms with Crippen LogP contribution in [0.5, 0.6) is 51.7 Å². The quantitative estimate of drug-likeness (QED) is 0.0317. The molecule has 0 radical (unpaired) electrons. The number of aromatic hydroxyl groups is 3. The van der Waals surface area contributed by atoms with Crippen LogP contribution in [0, 0.1) is 5.92 Å². The zero-order chi connectivity index (χ0) is 91.0. The Balaban J connectivity index is 0.968. The minimum atomic E-state index is -2.38. The van der Waals surface area contributed by atoms with Gasteiger partial charge in [-0.25, -0.2) is 10.3 Å². The lowest BCUT2D eigenvalue weighted by Gasteiger charge is -2.48. The second-order valence-corrected chi connectivity index (χ2v) is 32.3. The first kappa shape index (κ1) is 93.4. The maximum Gasteiger partial charge on any atom is 0.319 e. The van der Waals surface area contributed by atoms with Crippen molar-refractivity contribution in [2.45, 2.75) is 176 Å². The van der Waals surface area contributed by atoms with Crippen molar-refractivity contribution in [3.05, 3.63) is 153 Å². The van der Waals surface area contributed by atoms with Crippen molar-refractivity contribution in [3.8, 4) is 62.9 Å². The van der Waals surface area contributed by atoms with Gasteiger partial charge >= 0.3 is 6.03 Å². The third-order valence-corrected chi connectivity index (χ3v) is 22.7. The highest BCUT2D eigenvalue weighted by molar-refractivity contribution is 6.32. The Morgan fingerprint density at radius 2 is 1.37 bits per heavy atom. The Bertz CT molecular complexity index is 5130. The van der Waals surface area contributed by atoms with E-state index in [1.165, 1.54) is 37.1 Å². The number of primary amides is 1. The first-order valence-corrected chi connectivity index (χ1v) is 41.0. The number of fused-ring (bicyclic) bond motifs is 15. The van der Waals surface area contributed by atoms with Gasteiger partial charge in [0.15, 0.2) is 23.9 Å². The van der Waals surface area contributed by atoms with Crippen molar-refractivity contribution in [2.24, 2.45) is 11.7 Å². The molecule has 14 rings (SSSR count). The van der Waals surface area contributed by atoms with Gasteiger partial charge in [0.25, 0.3) is 5.91 Å². The fourth-order valence-corrected chi connectivity index (χ4v) is 16.0. The van der Waals surface area contributed by atoms with Crippen LogP contribution in [0.15, 0.2) is 109 Å². The zero-order valence-electron chi connectivity index (χ0n) is 69.0. The molecule has 19 atom stereocenters. The van der Waals surface area contributed by atoms with Gasteiger partial charge in [-0.2, -0.15) is 0 Å². The van der Waals surface area contributed by atoms with Crippen molar-refractivity contribution in [1.82, 2.24) is 63.5 Å². The second kappa shape index (κ2) is 40.3. The highest BCUT2D eigenvalue weighted by atomic mass is 35.5. The molecule has 8 heterocycles. The van der Waals surface area contributed by atoms with Gasteiger partial charge in [0.1, 0.15) is 107 Å². The molecule has 19 unspecified atom stereocenters. The number of carbonyl (C=O) groups excluding carboxylic acids is 10. The Hall–Kier alpha value is -11.7. The molecule has 22 N–H and O–H groups in total. The number of hydrogen-bond donors (Lipinski definition) is 21. The van der Waals surface area contributed by atoms with Gasteiger partial charge in [0.05, 0.1) is 55.0 Å². The average Bonchev–Trinajstić information content (AvgIpc) is 0.765. The van der Waals surface area contributed by atoms with Crippen molar-refractivity contribution < 1.29 is 132 Å². The molecule has 8 aliphatic rings. The molecular formula is C84H99Cl2N13O27. The van der Waals surface area contributed by atoms with Gasteiger partial charge in [-0.1, -0.05) is 67.4 Å². The van der Waals surface area contributed by atoms with Crippen molar-refractivity contribution in [2.75, 3.05) is 47.0 Å². The molecule has 0 aliphatic carbocycles. The highest BCUT2D eigenvalue weighted by Crippen LogP contribution is 2.50. The standard InChI is InChI=1S/C84H99Cl2N13O27/c1-8-120-44-15-9-38(10-16-44)11-20-60(105)91-59-21-23-99(83(118)92-59)24-22-89-84(5)34-61(121-37(4)74(84)110)125-73-71(109)70(108)57(35-100)124-82(73)126-72-55-29-42-30-56(72)123-54-19-14-41(28-48(54)86)69(107)67-80(116)95-65(81(117)98-119-7)46-31-43(101)32-52(103)62(46)45-26-39(12-17-51(45)102)63(77(113)97-67)94-78(114)64(42)93-76(112)50(33-58(87)104)90-79(115)66(96-75(111)49(88-6)25-36(2)3)68(106)40-13-18-53(122-55)47(85)27-40/h9-20,26-32,36-37,49-50,57,59,61,63-71,73-74,82,88-89,100-103,106-110H,8,21-25,33-35H2,1-7H3,(H2,87,104)(H,90,115)(H,91,105)(H,92,118)(H,93,112)(H,94,114)(H,95,116)(H,96,111)(H,97,113)(H,98,117). The number of rotatable bonds is 23. The molecule has 3 fully saturated rings. The molecule has 42 heteroatoms. The van der Waals surface area contributed by atoms with E-state index in [4.69, 9.17) is 66.9 Å². The minimum absolute atomic E-state index is 0.0483. The molecule has 6 aromatic rings. The molecule has 11 amide bonds. The molecule has 0 saturated carbocycles.